The summed E-state index contributed by atoms with van der Waals surface area (Å²) >= 11 is 0. The first kappa shape index (κ1) is 47.3. The van der Waals surface area contributed by atoms with Crippen LogP contribution in [0.25, 0.3) is 10.8 Å². The molecule has 0 radical (unpaired) electrons. The Balaban J connectivity index is 1.27. The molecule has 4 amide bonds. The average molecular weight is 879 g/mol. The van der Waals surface area contributed by atoms with Crippen LogP contribution in [0.15, 0.2) is 36.5 Å². The van der Waals surface area contributed by atoms with Gasteiger partial charge in [0.2, 0.25) is 33.6 Å². The number of halogens is 2. The Hall–Kier alpha value is -4.78. The number of fused-ring (bicyclic) bond motifs is 1. The number of likely N-dealkylation sites (tertiary alicyclic amines) is 1. The lowest BCUT2D eigenvalue weighted by molar-refractivity contribution is -0.151. The number of nitrogens with one attached hydrogen (secondary N) is 3. The highest BCUT2D eigenvalue weighted by Crippen LogP contribution is 2.38. The molecule has 2 aromatic rings. The van der Waals surface area contributed by atoms with E-state index in [1.165, 1.54) is 19.1 Å². The fourth-order valence-corrected chi connectivity index (χ4v) is 9.35. The quantitative estimate of drug-likeness (QED) is 0.100. The van der Waals surface area contributed by atoms with E-state index in [2.05, 4.69) is 20.6 Å². The predicted molar refractivity (Wildman–Crippen MR) is 222 cm³/mol. The van der Waals surface area contributed by atoms with Crippen LogP contribution in [0.4, 0.5) is 13.6 Å². The molecule has 1 aliphatic heterocycles. The predicted octanol–water partition coefficient (Wildman–Crippen LogP) is 5.14. The van der Waals surface area contributed by atoms with Crippen LogP contribution in [0.2, 0.25) is 0 Å². The van der Waals surface area contributed by atoms with E-state index in [1.807, 2.05) is 19.1 Å². The number of rotatable bonds is 20. The highest BCUT2D eigenvalue weighted by Gasteiger charge is 2.47. The SMILES string of the molecule is COc1cc2ccnc(O[C@@H]3C[C@@H](C(N)=O)N(C(=O)[C@@H](NNC(=O)OC(C)(C)C(C)(F)F)[C@H](C)C[C@@H](C)CC/C=C\[C@@H]4CCCC4C(=O)NS(=O)(=O)C4CC4)C3)c2cc1OC. The van der Waals surface area contributed by atoms with E-state index in [4.69, 9.17) is 24.7 Å². The number of nitrogens with zero attached hydrogens (tertiary/aromatic N) is 2. The Kier molecular flexibility index (Phi) is 15.1. The Morgan fingerprint density at radius 1 is 1.05 bits per heavy atom. The summed E-state index contributed by atoms with van der Waals surface area (Å²) in [5.74, 6) is -4.94. The molecular weight excluding hydrogens is 819 g/mol. The Labute approximate surface area is 356 Å². The van der Waals surface area contributed by atoms with E-state index in [-0.39, 0.29) is 30.7 Å². The van der Waals surface area contributed by atoms with Crippen molar-refractivity contribution in [3.63, 3.8) is 0 Å². The summed E-state index contributed by atoms with van der Waals surface area (Å²) in [6.07, 6.45) is 8.78. The maximum Gasteiger partial charge on any atom is 0.422 e. The molecule has 2 aliphatic carbocycles. The van der Waals surface area contributed by atoms with Crippen molar-refractivity contribution in [3.05, 3.63) is 36.5 Å². The third-order valence-corrected chi connectivity index (χ3v) is 13.9. The van der Waals surface area contributed by atoms with E-state index in [0.29, 0.717) is 62.3 Å². The molecule has 3 aliphatic rings. The van der Waals surface area contributed by atoms with Crippen LogP contribution in [0, 0.1) is 23.7 Å². The average Bonchev–Trinajstić information content (AvgIpc) is 3.81. The normalized spacial score (nSPS) is 22.4. The standard InChI is InChI=1S/C42H60F2N6O10S/c1-24(11-8-9-12-26-13-10-14-30(26)37(52)49-61(55,56)29-15-16-29)19-25(2)35(47-48-40(54)60-41(3,4)42(5,43)44)39(53)50-23-28(21-32(50)36(45)51)59-38-31-22-34(58-7)33(57-6)20-27(31)17-18-46-38/h9,12,17-18,20,22,24-26,28-30,32,35,47H,8,10-11,13-16,19,21,23H2,1-7H3,(H2,45,51)(H,48,54)(H,49,52)/b12-9-/t24-,25+,26+,28+,30?,32-,35-/m0/s1. The highest BCUT2D eigenvalue weighted by molar-refractivity contribution is 7.90. The summed E-state index contributed by atoms with van der Waals surface area (Å²) in [5, 5.41) is 0.873. The fourth-order valence-electron chi connectivity index (χ4n) is 7.99. The number of nitrogens with two attached hydrogens (primary N) is 1. The van der Waals surface area contributed by atoms with Crippen LogP contribution in [-0.2, 0) is 29.1 Å². The first-order valence-corrected chi connectivity index (χ1v) is 22.3. The molecule has 0 spiro atoms. The molecule has 2 heterocycles. The second-order valence-electron chi connectivity index (χ2n) is 17.2. The van der Waals surface area contributed by atoms with Gasteiger partial charge >= 0.3 is 6.09 Å². The van der Waals surface area contributed by atoms with E-state index in [9.17, 15) is 36.4 Å². The molecule has 3 fully saturated rings. The molecule has 2 saturated carbocycles. The topological polar surface area (TPSA) is 218 Å². The number of allylic oxidation sites excluding steroid dienone is 2. The van der Waals surface area contributed by atoms with Gasteiger partial charge in [0.25, 0.3) is 5.92 Å². The molecule has 1 saturated heterocycles. The monoisotopic (exact) mass is 878 g/mol. The number of hydrazine groups is 1. The first-order chi connectivity index (χ1) is 28.6. The zero-order valence-corrected chi connectivity index (χ0v) is 36.7. The Bertz CT molecular complexity index is 2060. The van der Waals surface area contributed by atoms with Gasteiger partial charge in [0.1, 0.15) is 18.2 Å². The molecule has 61 heavy (non-hydrogen) atoms. The van der Waals surface area contributed by atoms with Gasteiger partial charge in [0.05, 0.1) is 26.0 Å². The molecule has 7 atom stereocenters. The lowest BCUT2D eigenvalue weighted by Gasteiger charge is -2.33. The van der Waals surface area contributed by atoms with Crippen molar-refractivity contribution < 1.29 is 55.3 Å². The molecule has 1 unspecified atom stereocenters. The van der Waals surface area contributed by atoms with Crippen LogP contribution in [0.3, 0.4) is 0 Å². The number of alkyl halides is 2. The van der Waals surface area contributed by atoms with Gasteiger partial charge in [-0.05, 0) is 100 Å². The second kappa shape index (κ2) is 19.5. The Morgan fingerprint density at radius 3 is 2.38 bits per heavy atom. The van der Waals surface area contributed by atoms with Gasteiger partial charge in [-0.1, -0.05) is 32.4 Å². The van der Waals surface area contributed by atoms with Crippen molar-refractivity contribution in [2.24, 2.45) is 29.4 Å². The zero-order valence-electron chi connectivity index (χ0n) is 35.9. The van der Waals surface area contributed by atoms with Crippen molar-refractivity contribution in [2.75, 3.05) is 20.8 Å². The number of hydrogen-bond acceptors (Lipinski definition) is 12. The molecule has 1 aromatic carbocycles. The summed E-state index contributed by atoms with van der Waals surface area (Å²) in [4.78, 5) is 58.7. The third kappa shape index (κ3) is 11.8. The number of aromatic nitrogens is 1. The zero-order chi connectivity index (χ0) is 44.9. The minimum absolute atomic E-state index is 0.0300. The number of carbonyl (C=O) groups is 4. The number of carbonyl (C=O) groups excluding carboxylic acids is 4. The number of methoxy groups -OCH3 is 2. The lowest BCUT2D eigenvalue weighted by atomic mass is 9.88. The summed E-state index contributed by atoms with van der Waals surface area (Å²) in [6.45, 7) is 6.49. The van der Waals surface area contributed by atoms with E-state index >= 15 is 0 Å². The number of primary amides is 1. The van der Waals surface area contributed by atoms with Gasteiger partial charge in [-0.3, -0.25) is 24.5 Å². The lowest BCUT2D eigenvalue weighted by Crippen LogP contribution is -2.59. The van der Waals surface area contributed by atoms with Crippen LogP contribution in [0.5, 0.6) is 17.4 Å². The van der Waals surface area contributed by atoms with Crippen LogP contribution in [-0.4, -0.2) is 97.8 Å². The van der Waals surface area contributed by atoms with Gasteiger partial charge in [-0.15, -0.1) is 0 Å². The maximum atomic E-state index is 14.5. The van der Waals surface area contributed by atoms with Gasteiger partial charge < -0.3 is 29.6 Å². The van der Waals surface area contributed by atoms with E-state index in [0.717, 1.165) is 32.1 Å². The summed E-state index contributed by atoms with van der Waals surface area (Å²) < 4.78 is 77.6. The number of ether oxygens (including phenoxy) is 4. The molecule has 5 N–H and O–H groups in total. The Morgan fingerprint density at radius 2 is 1.74 bits per heavy atom. The molecule has 5 rings (SSSR count). The van der Waals surface area contributed by atoms with Crippen molar-refractivity contribution in [1.29, 1.82) is 0 Å². The van der Waals surface area contributed by atoms with Gasteiger partial charge in [0, 0.05) is 30.8 Å². The van der Waals surface area contributed by atoms with Crippen LogP contribution < -0.4 is 35.5 Å². The van der Waals surface area contributed by atoms with Crippen molar-refractivity contribution in [3.8, 4) is 17.4 Å². The smallest absolute Gasteiger partial charge is 0.422 e. The molecule has 1 aromatic heterocycles. The van der Waals surface area contributed by atoms with Gasteiger partial charge in [-0.25, -0.2) is 32.4 Å². The summed E-state index contributed by atoms with van der Waals surface area (Å²) in [5.41, 5.74) is 8.64. The minimum atomic E-state index is -3.63. The van der Waals surface area contributed by atoms with Crippen molar-refractivity contribution in [2.45, 2.75) is 127 Å². The highest BCUT2D eigenvalue weighted by atomic mass is 32.2. The molecular formula is C42H60F2N6O10S. The number of amides is 4. The van der Waals surface area contributed by atoms with Crippen molar-refractivity contribution >= 4 is 44.6 Å². The van der Waals surface area contributed by atoms with Gasteiger partial charge in [-0.2, -0.15) is 0 Å². The second-order valence-corrected chi connectivity index (χ2v) is 19.2. The molecule has 19 heteroatoms. The number of benzene rings is 1. The van der Waals surface area contributed by atoms with E-state index < -0.39 is 80.6 Å². The fraction of sp³-hybridized carbons (Fsp3) is 0.643. The first-order valence-electron chi connectivity index (χ1n) is 20.8. The van der Waals surface area contributed by atoms with E-state index in [1.54, 1.807) is 31.3 Å². The number of hydrogen-bond donors (Lipinski definition) is 4. The maximum absolute atomic E-state index is 14.5. The van der Waals surface area contributed by atoms with Crippen LogP contribution in [0.1, 0.15) is 92.4 Å². The van der Waals surface area contributed by atoms with Gasteiger partial charge in [0.15, 0.2) is 17.1 Å². The number of sulfonamides is 1. The summed E-state index contributed by atoms with van der Waals surface area (Å²) in [6, 6.07) is 3.02. The molecule has 338 valence electrons. The third-order valence-electron chi connectivity index (χ3n) is 12.1. The minimum Gasteiger partial charge on any atom is -0.493 e. The molecule has 16 nitrogen and oxygen atoms in total. The molecule has 0 bridgehead atoms. The van der Waals surface area contributed by atoms with Crippen LogP contribution >= 0.6 is 0 Å². The largest absolute Gasteiger partial charge is 0.493 e. The summed E-state index contributed by atoms with van der Waals surface area (Å²) in [7, 11) is -0.606. The van der Waals surface area contributed by atoms with Crippen molar-refractivity contribution in [1.82, 2.24) is 25.5 Å². The number of pyridine rings is 1.